The van der Waals surface area contributed by atoms with Crippen LogP contribution in [0, 0.1) is 5.82 Å². The first-order valence-corrected chi connectivity index (χ1v) is 8.03. The van der Waals surface area contributed by atoms with E-state index >= 15 is 0 Å². The molecule has 0 aliphatic rings. The number of carbonyl (C=O) groups is 1. The van der Waals surface area contributed by atoms with Crippen molar-refractivity contribution >= 4 is 28.5 Å². The molecule has 0 aliphatic heterocycles. The number of hydrogen-bond donors (Lipinski definition) is 1. The number of carbonyl (C=O) groups excluding carboxylic acids is 1. The number of amides is 1. The summed E-state index contributed by atoms with van der Waals surface area (Å²) in [5.41, 5.74) is 2.16. The first kappa shape index (κ1) is 16.5. The van der Waals surface area contributed by atoms with Gasteiger partial charge in [-0.05, 0) is 24.3 Å². The summed E-state index contributed by atoms with van der Waals surface area (Å²) in [4.78, 5) is 21.4. The van der Waals surface area contributed by atoms with Gasteiger partial charge < -0.3 is 9.88 Å². The zero-order valence-corrected chi connectivity index (χ0v) is 14.0. The second-order valence-electron chi connectivity index (χ2n) is 5.65. The molecule has 0 radical (unpaired) electrons. The van der Waals surface area contributed by atoms with E-state index in [0.717, 1.165) is 16.9 Å². The maximum absolute atomic E-state index is 13.8. The molecule has 24 heavy (non-hydrogen) atoms. The van der Waals surface area contributed by atoms with Crippen molar-refractivity contribution in [3.05, 3.63) is 64.7 Å². The Kier molecular flexibility index (Phi) is 4.81. The fraction of sp³-hybridized carbons (Fsp3) is 0.222. The van der Waals surface area contributed by atoms with Crippen LogP contribution < -0.4 is 0 Å². The molecule has 0 saturated carbocycles. The number of para-hydroxylation sites is 2. The van der Waals surface area contributed by atoms with Gasteiger partial charge in [-0.15, -0.1) is 0 Å². The van der Waals surface area contributed by atoms with Gasteiger partial charge in [-0.1, -0.05) is 29.8 Å². The largest absolute Gasteiger partial charge is 0.342 e. The summed E-state index contributed by atoms with van der Waals surface area (Å²) in [6, 6.07) is 12.2. The van der Waals surface area contributed by atoms with Crippen molar-refractivity contribution in [2.24, 2.45) is 0 Å². The smallest absolute Gasteiger partial charge is 0.223 e. The number of H-pyrrole nitrogens is 1. The lowest BCUT2D eigenvalue weighted by Crippen LogP contribution is -2.27. The number of aromatic nitrogens is 2. The van der Waals surface area contributed by atoms with E-state index < -0.39 is 5.82 Å². The lowest BCUT2D eigenvalue weighted by atomic mass is 10.2. The molecule has 0 saturated heterocycles. The number of fused-ring (bicyclic) bond motifs is 1. The second-order valence-corrected chi connectivity index (χ2v) is 6.06. The molecular formula is C18H17ClFN3O. The molecule has 124 valence electrons. The summed E-state index contributed by atoms with van der Waals surface area (Å²) in [5, 5.41) is 0.326. The molecule has 3 aromatic rings. The zero-order chi connectivity index (χ0) is 17.1. The van der Waals surface area contributed by atoms with Gasteiger partial charge in [0.05, 0.1) is 11.0 Å². The van der Waals surface area contributed by atoms with Gasteiger partial charge in [-0.2, -0.15) is 0 Å². The minimum atomic E-state index is -0.403. The molecule has 0 bridgehead atoms. The van der Waals surface area contributed by atoms with Crippen LogP contribution in [0.2, 0.25) is 5.02 Å². The van der Waals surface area contributed by atoms with Crippen LogP contribution in [-0.2, 0) is 17.8 Å². The molecule has 6 heteroatoms. The Morgan fingerprint density at radius 3 is 2.79 bits per heavy atom. The third-order valence-electron chi connectivity index (χ3n) is 3.90. The van der Waals surface area contributed by atoms with Gasteiger partial charge in [0, 0.05) is 37.0 Å². The van der Waals surface area contributed by atoms with Crippen LogP contribution in [0.15, 0.2) is 42.5 Å². The van der Waals surface area contributed by atoms with Crippen LogP contribution in [0.3, 0.4) is 0 Å². The Labute approximate surface area is 144 Å². The minimum Gasteiger partial charge on any atom is -0.342 e. The van der Waals surface area contributed by atoms with E-state index in [1.54, 1.807) is 19.2 Å². The average Bonchev–Trinajstić information content (AvgIpc) is 2.99. The minimum absolute atomic E-state index is 0.0882. The highest BCUT2D eigenvalue weighted by atomic mass is 35.5. The monoisotopic (exact) mass is 345 g/mol. The van der Waals surface area contributed by atoms with Gasteiger partial charge in [-0.25, -0.2) is 9.37 Å². The molecule has 1 amide bonds. The number of halogens is 2. The summed E-state index contributed by atoms with van der Waals surface area (Å²) >= 11 is 6.00. The van der Waals surface area contributed by atoms with Crippen LogP contribution in [0.4, 0.5) is 4.39 Å². The molecule has 0 aliphatic carbocycles. The van der Waals surface area contributed by atoms with Crippen molar-refractivity contribution in [3.8, 4) is 0 Å². The van der Waals surface area contributed by atoms with Gasteiger partial charge in [0.25, 0.3) is 0 Å². The Bertz CT molecular complexity index is 824. The summed E-state index contributed by atoms with van der Waals surface area (Å²) in [6.45, 7) is 0.143. The Hall–Kier alpha value is -2.40. The highest BCUT2D eigenvalue weighted by Gasteiger charge is 2.15. The predicted octanol–water partition coefficient (Wildman–Crippen LogP) is 3.95. The van der Waals surface area contributed by atoms with E-state index in [0.29, 0.717) is 23.4 Å². The van der Waals surface area contributed by atoms with E-state index in [4.69, 9.17) is 11.6 Å². The average molecular weight is 346 g/mol. The second kappa shape index (κ2) is 7.01. The van der Waals surface area contributed by atoms with Crippen molar-refractivity contribution in [3.63, 3.8) is 0 Å². The van der Waals surface area contributed by atoms with Crippen molar-refractivity contribution in [2.75, 3.05) is 7.05 Å². The fourth-order valence-electron chi connectivity index (χ4n) is 2.55. The molecule has 1 aromatic heterocycles. The number of aromatic amines is 1. The molecule has 0 atom stereocenters. The van der Waals surface area contributed by atoms with Gasteiger partial charge in [0.1, 0.15) is 11.6 Å². The Morgan fingerprint density at radius 2 is 2.04 bits per heavy atom. The first-order chi connectivity index (χ1) is 11.5. The molecule has 1 N–H and O–H groups in total. The molecule has 3 rings (SSSR count). The number of nitrogens with one attached hydrogen (secondary N) is 1. The number of imidazole rings is 1. The predicted molar refractivity (Wildman–Crippen MR) is 92.3 cm³/mol. The summed E-state index contributed by atoms with van der Waals surface area (Å²) in [5.74, 6) is 0.274. The van der Waals surface area contributed by atoms with Crippen molar-refractivity contribution in [2.45, 2.75) is 19.4 Å². The van der Waals surface area contributed by atoms with Crippen LogP contribution in [0.25, 0.3) is 11.0 Å². The van der Waals surface area contributed by atoms with Gasteiger partial charge >= 0.3 is 0 Å². The number of hydrogen-bond acceptors (Lipinski definition) is 2. The van der Waals surface area contributed by atoms with Crippen LogP contribution in [0.1, 0.15) is 17.8 Å². The highest BCUT2D eigenvalue weighted by molar-refractivity contribution is 6.31. The van der Waals surface area contributed by atoms with E-state index in [1.807, 2.05) is 24.3 Å². The SMILES string of the molecule is CN(Cc1c(F)cccc1Cl)C(=O)CCc1nc2ccccc2[nH]1. The molecule has 0 unspecified atom stereocenters. The van der Waals surface area contributed by atoms with E-state index in [2.05, 4.69) is 9.97 Å². The normalized spacial score (nSPS) is 11.0. The Balaban J connectivity index is 1.62. The van der Waals surface area contributed by atoms with Crippen molar-refractivity contribution < 1.29 is 9.18 Å². The first-order valence-electron chi connectivity index (χ1n) is 7.65. The molecular weight excluding hydrogens is 329 g/mol. The fourth-order valence-corrected chi connectivity index (χ4v) is 2.77. The zero-order valence-electron chi connectivity index (χ0n) is 13.2. The summed E-state index contributed by atoms with van der Waals surface area (Å²) in [7, 11) is 1.64. The molecule has 2 aromatic carbocycles. The summed E-state index contributed by atoms with van der Waals surface area (Å²) in [6.07, 6.45) is 0.797. The molecule has 4 nitrogen and oxygen atoms in total. The number of aryl methyl sites for hydroxylation is 1. The van der Waals surface area contributed by atoms with Gasteiger partial charge in [-0.3, -0.25) is 4.79 Å². The number of benzene rings is 2. The lowest BCUT2D eigenvalue weighted by molar-refractivity contribution is -0.130. The van der Waals surface area contributed by atoms with Crippen molar-refractivity contribution in [1.82, 2.24) is 14.9 Å². The molecule has 0 fully saturated rings. The van der Waals surface area contributed by atoms with Gasteiger partial charge in [0.2, 0.25) is 5.91 Å². The maximum Gasteiger partial charge on any atom is 0.223 e. The maximum atomic E-state index is 13.8. The van der Waals surface area contributed by atoms with Gasteiger partial charge in [0.15, 0.2) is 0 Å². The lowest BCUT2D eigenvalue weighted by Gasteiger charge is -2.18. The molecule has 1 heterocycles. The van der Waals surface area contributed by atoms with E-state index in [1.165, 1.54) is 11.0 Å². The standard InChI is InChI=1S/C18H17ClFN3O/c1-23(11-12-13(19)5-4-6-14(12)20)18(24)10-9-17-21-15-7-2-3-8-16(15)22-17/h2-8H,9-11H2,1H3,(H,21,22). The number of nitrogens with zero attached hydrogens (tertiary/aromatic N) is 2. The van der Waals surface area contributed by atoms with Crippen LogP contribution in [-0.4, -0.2) is 27.8 Å². The Morgan fingerprint density at radius 1 is 1.25 bits per heavy atom. The van der Waals surface area contributed by atoms with Crippen molar-refractivity contribution in [1.29, 1.82) is 0 Å². The number of rotatable bonds is 5. The van der Waals surface area contributed by atoms with Crippen LogP contribution in [0.5, 0.6) is 0 Å². The third-order valence-corrected chi connectivity index (χ3v) is 4.25. The quantitative estimate of drug-likeness (QED) is 0.761. The highest BCUT2D eigenvalue weighted by Crippen LogP contribution is 2.20. The van der Waals surface area contributed by atoms with E-state index in [9.17, 15) is 9.18 Å². The van der Waals surface area contributed by atoms with E-state index in [-0.39, 0.29) is 12.5 Å². The van der Waals surface area contributed by atoms with Crippen LogP contribution >= 0.6 is 11.6 Å². The topological polar surface area (TPSA) is 49.0 Å². The molecule has 0 spiro atoms. The third kappa shape index (κ3) is 3.57. The summed E-state index contributed by atoms with van der Waals surface area (Å²) < 4.78 is 13.8.